The minimum Gasteiger partial charge on any atom is -0.386 e. The number of rotatable bonds is 8. The van der Waals surface area contributed by atoms with Gasteiger partial charge in [0, 0.05) is 30.5 Å². The predicted octanol–water partition coefficient (Wildman–Crippen LogP) is 7.64. The lowest BCUT2D eigenvalue weighted by atomic mass is 9.53. The van der Waals surface area contributed by atoms with Crippen molar-refractivity contribution in [1.82, 2.24) is 10.1 Å². The van der Waals surface area contributed by atoms with E-state index in [1.807, 2.05) is 47.4 Å². The zero-order valence-corrected chi connectivity index (χ0v) is 26.2. The van der Waals surface area contributed by atoms with Gasteiger partial charge in [-0.15, -0.1) is 0 Å². The van der Waals surface area contributed by atoms with E-state index >= 15 is 0 Å². The first-order valence-corrected chi connectivity index (χ1v) is 16.1. The molecule has 2 aromatic carbocycles. The summed E-state index contributed by atoms with van der Waals surface area (Å²) < 4.78 is 32.7. The van der Waals surface area contributed by atoms with Crippen LogP contribution >= 0.6 is 0 Å². The highest BCUT2D eigenvalue weighted by atomic mass is 19.3. The van der Waals surface area contributed by atoms with Crippen LogP contribution in [-0.2, 0) is 21.7 Å². The fourth-order valence-electron chi connectivity index (χ4n) is 8.62. The number of aromatic nitrogens is 2. The van der Waals surface area contributed by atoms with Gasteiger partial charge in [0.15, 0.2) is 5.82 Å². The first kappa shape index (κ1) is 30.0. The molecule has 1 atom stereocenters. The van der Waals surface area contributed by atoms with E-state index in [4.69, 9.17) is 4.52 Å². The van der Waals surface area contributed by atoms with Crippen molar-refractivity contribution in [2.24, 2.45) is 22.7 Å². The molecule has 1 N–H and O–H groups in total. The van der Waals surface area contributed by atoms with Crippen molar-refractivity contribution in [3.63, 3.8) is 0 Å². The summed E-state index contributed by atoms with van der Waals surface area (Å²) in [5.41, 5.74) is 1.91. The summed E-state index contributed by atoms with van der Waals surface area (Å²) in [5.74, 6) is -3.22. The van der Waals surface area contributed by atoms with E-state index in [1.165, 1.54) is 0 Å². The topological polar surface area (TPSA) is 103 Å². The molecule has 9 rings (SSSR count). The fraction of sp³-hybridized carbons (Fsp3) is 0.556. The number of carbonyl (C=O) groups excluding carboxylic acids is 1. The number of nitriles is 1. The van der Waals surface area contributed by atoms with Crippen LogP contribution in [0, 0.1) is 34.0 Å². The van der Waals surface area contributed by atoms with Crippen LogP contribution in [0.25, 0.3) is 11.1 Å². The zero-order chi connectivity index (χ0) is 31.8. The Balaban J connectivity index is 1.17. The number of carbonyl (C=O) groups is 1. The lowest BCUT2D eigenvalue weighted by molar-refractivity contribution is -0.123. The molecule has 0 saturated heterocycles. The summed E-state index contributed by atoms with van der Waals surface area (Å²) in [6.07, 6.45) is 7.06. The van der Waals surface area contributed by atoms with E-state index < -0.39 is 17.4 Å². The molecule has 0 spiro atoms. The van der Waals surface area contributed by atoms with Crippen LogP contribution in [0.4, 0.5) is 14.5 Å². The Morgan fingerprint density at radius 1 is 1.02 bits per heavy atom. The normalized spacial score (nSPS) is 30.5. The first-order chi connectivity index (χ1) is 21.2. The van der Waals surface area contributed by atoms with Crippen LogP contribution in [-0.4, -0.2) is 27.7 Å². The van der Waals surface area contributed by atoms with Crippen molar-refractivity contribution >= 4 is 11.6 Å². The van der Waals surface area contributed by atoms with Gasteiger partial charge in [0.25, 0.3) is 5.89 Å². The molecule has 236 valence electrons. The summed E-state index contributed by atoms with van der Waals surface area (Å²) in [7, 11) is 0. The summed E-state index contributed by atoms with van der Waals surface area (Å²) in [4.78, 5) is 20.6. The second kappa shape index (κ2) is 10.2. The number of benzene rings is 2. The van der Waals surface area contributed by atoms with E-state index in [0.717, 1.165) is 80.7 Å². The standard InChI is InChI=1S/C36H40F2N4O3/c1-32(2,44)26-9-7-23(8-10-26)24-5-4-6-27(17-24)42(29(43)28-20-35(21-39)18-25(28)19-35)22-34-11-14-36(15-12-34,16-13-34)30-40-31(45-41-30)33(3,37)38/h4-10,17,25,28,44H,11-16,18-20,22H2,1-3H3. The molecule has 0 aliphatic heterocycles. The van der Waals surface area contributed by atoms with Crippen molar-refractivity contribution in [2.75, 3.05) is 11.4 Å². The van der Waals surface area contributed by atoms with E-state index in [0.29, 0.717) is 18.8 Å². The van der Waals surface area contributed by atoms with Gasteiger partial charge in [0.1, 0.15) is 0 Å². The molecule has 1 aromatic heterocycles. The number of aliphatic hydroxyl groups is 1. The van der Waals surface area contributed by atoms with Gasteiger partial charge < -0.3 is 14.5 Å². The number of hydrogen-bond donors (Lipinski definition) is 1. The number of hydrogen-bond acceptors (Lipinski definition) is 6. The Kier molecular flexibility index (Phi) is 6.80. The summed E-state index contributed by atoms with van der Waals surface area (Å²) in [6.45, 7) is 4.88. The molecular weight excluding hydrogens is 574 g/mol. The minimum atomic E-state index is -3.17. The van der Waals surface area contributed by atoms with Crippen LogP contribution in [0.15, 0.2) is 53.1 Å². The Labute approximate surface area is 262 Å². The van der Waals surface area contributed by atoms with E-state index in [9.17, 15) is 23.9 Å². The smallest absolute Gasteiger partial charge is 0.322 e. The van der Waals surface area contributed by atoms with Gasteiger partial charge in [0.05, 0.1) is 17.1 Å². The number of anilines is 1. The molecule has 6 aliphatic carbocycles. The van der Waals surface area contributed by atoms with Gasteiger partial charge in [-0.1, -0.05) is 41.6 Å². The number of alkyl halides is 2. The molecular formula is C36H40F2N4O3. The highest BCUT2D eigenvalue weighted by Crippen LogP contribution is 2.62. The lowest BCUT2D eigenvalue weighted by Gasteiger charge is -2.53. The Morgan fingerprint density at radius 2 is 1.69 bits per heavy atom. The van der Waals surface area contributed by atoms with E-state index in [-0.39, 0.29) is 34.0 Å². The zero-order valence-electron chi connectivity index (χ0n) is 26.2. The third-order valence-electron chi connectivity index (χ3n) is 11.6. The molecule has 7 nitrogen and oxygen atoms in total. The maximum Gasteiger partial charge on any atom is 0.322 e. The van der Waals surface area contributed by atoms with Crippen molar-refractivity contribution in [3.05, 3.63) is 65.8 Å². The van der Waals surface area contributed by atoms with Gasteiger partial charge in [-0.05, 0) is 112 Å². The van der Waals surface area contributed by atoms with Gasteiger partial charge in [-0.2, -0.15) is 19.0 Å². The number of nitrogens with zero attached hydrogens (tertiary/aromatic N) is 4. The van der Waals surface area contributed by atoms with Crippen molar-refractivity contribution < 1.29 is 23.2 Å². The molecule has 6 fully saturated rings. The average molecular weight is 615 g/mol. The van der Waals surface area contributed by atoms with Crippen LogP contribution < -0.4 is 4.90 Å². The summed E-state index contributed by atoms with van der Waals surface area (Å²) in [6, 6.07) is 18.5. The van der Waals surface area contributed by atoms with Gasteiger partial charge in [0.2, 0.25) is 5.91 Å². The number of amides is 1. The Hall–Kier alpha value is -3.64. The molecule has 3 aromatic rings. The summed E-state index contributed by atoms with van der Waals surface area (Å²) in [5, 5.41) is 24.2. The molecule has 45 heavy (non-hydrogen) atoms. The van der Waals surface area contributed by atoms with Gasteiger partial charge in [-0.25, -0.2) is 0 Å². The highest BCUT2D eigenvalue weighted by molar-refractivity contribution is 5.96. The van der Waals surface area contributed by atoms with Crippen molar-refractivity contribution in [3.8, 4) is 17.2 Å². The Morgan fingerprint density at radius 3 is 2.24 bits per heavy atom. The average Bonchev–Trinajstić information content (AvgIpc) is 3.75. The van der Waals surface area contributed by atoms with Crippen LogP contribution in [0.2, 0.25) is 0 Å². The third-order valence-corrected chi connectivity index (χ3v) is 11.6. The Bertz CT molecular complexity index is 1630. The predicted molar refractivity (Wildman–Crippen MR) is 164 cm³/mol. The molecule has 9 heteroatoms. The minimum absolute atomic E-state index is 0.0997. The largest absolute Gasteiger partial charge is 0.386 e. The van der Waals surface area contributed by atoms with Crippen LogP contribution in [0.5, 0.6) is 0 Å². The maximum absolute atomic E-state index is 14.5. The number of fused-ring (bicyclic) bond motifs is 4. The molecule has 6 saturated carbocycles. The molecule has 1 heterocycles. The van der Waals surface area contributed by atoms with E-state index in [2.05, 4.69) is 22.3 Å². The summed E-state index contributed by atoms with van der Waals surface area (Å²) >= 11 is 0. The second-order valence-corrected chi connectivity index (χ2v) is 15.1. The number of halogens is 2. The van der Waals surface area contributed by atoms with E-state index in [1.54, 1.807) is 13.8 Å². The molecule has 1 unspecified atom stereocenters. The molecule has 4 bridgehead atoms. The fourth-order valence-corrected chi connectivity index (χ4v) is 8.62. The highest BCUT2D eigenvalue weighted by Gasteiger charge is 2.60. The van der Waals surface area contributed by atoms with Crippen molar-refractivity contribution in [2.45, 2.75) is 95.5 Å². The monoisotopic (exact) mass is 614 g/mol. The molecule has 0 radical (unpaired) electrons. The first-order valence-electron chi connectivity index (χ1n) is 16.1. The van der Waals surface area contributed by atoms with Gasteiger partial charge in [-0.3, -0.25) is 4.79 Å². The molecule has 1 amide bonds. The van der Waals surface area contributed by atoms with Gasteiger partial charge >= 0.3 is 5.92 Å². The second-order valence-electron chi connectivity index (χ2n) is 15.1. The quantitative estimate of drug-likeness (QED) is 0.280. The lowest BCUT2D eigenvalue weighted by Crippen LogP contribution is -2.52. The van der Waals surface area contributed by atoms with Crippen molar-refractivity contribution in [1.29, 1.82) is 5.26 Å². The SMILES string of the molecule is CC(C)(O)c1ccc(-c2cccc(N(CC34CCC(c5noc(C(C)(F)F)n5)(CC3)CC4)C(=O)C3CC4(C#N)CC3C4)c2)cc1. The molecule has 6 aliphatic rings. The van der Waals surface area contributed by atoms with Crippen LogP contribution in [0.1, 0.15) is 95.8 Å². The maximum atomic E-state index is 14.5. The van der Waals surface area contributed by atoms with Crippen LogP contribution in [0.3, 0.4) is 0 Å². The third kappa shape index (κ3) is 5.15.